The molecule has 0 atom stereocenters. The fourth-order valence-electron chi connectivity index (χ4n) is 3.11. The zero-order chi connectivity index (χ0) is 16.2. The topological polar surface area (TPSA) is 32.3 Å². The van der Waals surface area contributed by atoms with Crippen LogP contribution >= 0.6 is 23.2 Å². The molecule has 0 unspecified atom stereocenters. The van der Waals surface area contributed by atoms with Gasteiger partial charge in [0.15, 0.2) is 0 Å². The first-order valence-electron chi connectivity index (χ1n) is 8.57. The minimum Gasteiger partial charge on any atom is -0.343 e. The van der Waals surface area contributed by atoms with E-state index in [1.165, 1.54) is 12.8 Å². The van der Waals surface area contributed by atoms with Crippen molar-refractivity contribution in [3.05, 3.63) is 33.8 Å². The molecule has 1 saturated heterocycles. The molecule has 1 aliphatic heterocycles. The summed E-state index contributed by atoms with van der Waals surface area (Å²) in [5, 5.41) is 4.92. The van der Waals surface area contributed by atoms with E-state index in [4.69, 9.17) is 23.2 Å². The van der Waals surface area contributed by atoms with Crippen LogP contribution in [-0.2, 0) is 11.2 Å². The molecule has 3 nitrogen and oxygen atoms in total. The number of hydrogen-bond acceptors (Lipinski definition) is 2. The molecule has 1 N–H and O–H groups in total. The minimum absolute atomic E-state index is 0.233. The molecule has 1 amide bonds. The molecule has 1 aliphatic carbocycles. The fraction of sp³-hybridized carbons (Fsp3) is 0.611. The summed E-state index contributed by atoms with van der Waals surface area (Å²) in [4.78, 5) is 14.4. The van der Waals surface area contributed by atoms with E-state index < -0.39 is 0 Å². The molecule has 1 saturated carbocycles. The number of hydrogen-bond donors (Lipinski definition) is 1. The Kier molecular flexibility index (Phi) is 5.84. The molecular formula is C18H24Cl2N2O. The van der Waals surface area contributed by atoms with Crippen molar-refractivity contribution in [3.63, 3.8) is 0 Å². The van der Waals surface area contributed by atoms with E-state index in [-0.39, 0.29) is 5.91 Å². The number of carbonyl (C=O) groups is 1. The van der Waals surface area contributed by atoms with E-state index in [0.29, 0.717) is 28.9 Å². The van der Waals surface area contributed by atoms with Crippen molar-refractivity contribution in [2.24, 2.45) is 5.92 Å². The van der Waals surface area contributed by atoms with Crippen LogP contribution in [0.4, 0.5) is 0 Å². The number of halogens is 2. The van der Waals surface area contributed by atoms with Crippen molar-refractivity contribution in [2.75, 3.05) is 19.6 Å². The van der Waals surface area contributed by atoms with Gasteiger partial charge in [0.05, 0.1) is 0 Å². The van der Waals surface area contributed by atoms with E-state index in [1.54, 1.807) is 6.07 Å². The maximum absolute atomic E-state index is 12.4. The van der Waals surface area contributed by atoms with Crippen molar-refractivity contribution in [3.8, 4) is 0 Å². The smallest absolute Gasteiger partial charge is 0.222 e. The van der Waals surface area contributed by atoms with Crippen LogP contribution in [0.25, 0.3) is 0 Å². The van der Waals surface area contributed by atoms with Crippen molar-refractivity contribution >= 4 is 29.1 Å². The van der Waals surface area contributed by atoms with Crippen LogP contribution in [0.1, 0.15) is 37.7 Å². The third-order valence-corrected chi connectivity index (χ3v) is 5.45. The Morgan fingerprint density at radius 3 is 2.57 bits per heavy atom. The first kappa shape index (κ1) is 17.1. The van der Waals surface area contributed by atoms with Gasteiger partial charge in [0.1, 0.15) is 0 Å². The highest BCUT2D eigenvalue weighted by Gasteiger charge is 2.25. The zero-order valence-electron chi connectivity index (χ0n) is 13.4. The molecule has 0 spiro atoms. The quantitative estimate of drug-likeness (QED) is 0.839. The second-order valence-corrected chi connectivity index (χ2v) is 7.59. The van der Waals surface area contributed by atoms with Gasteiger partial charge in [0, 0.05) is 35.6 Å². The molecule has 2 aliphatic rings. The Bertz CT molecular complexity index is 552. The second kappa shape index (κ2) is 7.87. The summed E-state index contributed by atoms with van der Waals surface area (Å²) in [5.74, 6) is 1.15. The molecule has 5 heteroatoms. The molecular weight excluding hydrogens is 331 g/mol. The van der Waals surface area contributed by atoms with Crippen LogP contribution in [-0.4, -0.2) is 36.5 Å². The van der Waals surface area contributed by atoms with Crippen LogP contribution in [0.3, 0.4) is 0 Å². The van der Waals surface area contributed by atoms with Gasteiger partial charge in [-0.1, -0.05) is 29.3 Å². The van der Waals surface area contributed by atoms with Gasteiger partial charge in [-0.2, -0.15) is 0 Å². The Labute approximate surface area is 148 Å². The Hall–Kier alpha value is -0.770. The first-order chi connectivity index (χ1) is 11.1. The fourth-order valence-corrected chi connectivity index (χ4v) is 3.62. The SMILES string of the molecule is O=C(CCc1ccc(Cl)cc1Cl)N1CCC(NCC2CC2)CC1. The number of amides is 1. The lowest BCUT2D eigenvalue weighted by molar-refractivity contribution is -0.132. The summed E-state index contributed by atoms with van der Waals surface area (Å²) in [6.45, 7) is 2.90. The lowest BCUT2D eigenvalue weighted by atomic mass is 10.0. The van der Waals surface area contributed by atoms with Gasteiger partial charge in [-0.3, -0.25) is 4.79 Å². The third-order valence-electron chi connectivity index (χ3n) is 4.86. The average Bonchev–Trinajstić information content (AvgIpc) is 3.37. The van der Waals surface area contributed by atoms with Crippen LogP contribution in [0, 0.1) is 5.92 Å². The van der Waals surface area contributed by atoms with Gasteiger partial charge < -0.3 is 10.2 Å². The predicted molar refractivity (Wildman–Crippen MR) is 95.1 cm³/mol. The van der Waals surface area contributed by atoms with E-state index >= 15 is 0 Å². The van der Waals surface area contributed by atoms with Gasteiger partial charge in [-0.05, 0) is 62.3 Å². The van der Waals surface area contributed by atoms with Gasteiger partial charge in [0.25, 0.3) is 0 Å². The summed E-state index contributed by atoms with van der Waals surface area (Å²) in [5.41, 5.74) is 0.991. The maximum atomic E-state index is 12.4. The lowest BCUT2D eigenvalue weighted by Crippen LogP contribution is -2.45. The summed E-state index contributed by atoms with van der Waals surface area (Å²) >= 11 is 12.1. The number of carbonyl (C=O) groups excluding carboxylic acids is 1. The summed E-state index contributed by atoms with van der Waals surface area (Å²) in [6.07, 6.45) is 6.10. The highest BCUT2D eigenvalue weighted by molar-refractivity contribution is 6.35. The predicted octanol–water partition coefficient (Wildman–Crippen LogP) is 3.92. The summed E-state index contributed by atoms with van der Waals surface area (Å²) in [6, 6.07) is 6.06. The Balaban J connectivity index is 1.40. The number of aryl methyl sites for hydroxylation is 1. The van der Waals surface area contributed by atoms with Crippen LogP contribution in [0.2, 0.25) is 10.0 Å². The van der Waals surface area contributed by atoms with E-state index in [0.717, 1.165) is 44.0 Å². The molecule has 2 fully saturated rings. The number of nitrogens with zero attached hydrogens (tertiary/aromatic N) is 1. The normalized spacial score (nSPS) is 19.1. The molecule has 0 bridgehead atoms. The van der Waals surface area contributed by atoms with Crippen molar-refractivity contribution in [1.82, 2.24) is 10.2 Å². The van der Waals surface area contributed by atoms with Gasteiger partial charge in [0.2, 0.25) is 5.91 Å². The first-order valence-corrected chi connectivity index (χ1v) is 9.32. The molecule has 0 radical (unpaired) electrons. The third kappa shape index (κ3) is 5.10. The zero-order valence-corrected chi connectivity index (χ0v) is 14.9. The Morgan fingerprint density at radius 1 is 1.17 bits per heavy atom. The van der Waals surface area contributed by atoms with Crippen LogP contribution in [0.5, 0.6) is 0 Å². The second-order valence-electron chi connectivity index (χ2n) is 6.74. The van der Waals surface area contributed by atoms with Gasteiger partial charge in [-0.15, -0.1) is 0 Å². The number of benzene rings is 1. The maximum Gasteiger partial charge on any atom is 0.222 e. The molecule has 3 rings (SSSR count). The molecule has 23 heavy (non-hydrogen) atoms. The van der Waals surface area contributed by atoms with E-state index in [2.05, 4.69) is 5.32 Å². The van der Waals surface area contributed by atoms with E-state index in [9.17, 15) is 4.79 Å². The summed E-state index contributed by atoms with van der Waals surface area (Å²) < 4.78 is 0. The van der Waals surface area contributed by atoms with Crippen molar-refractivity contribution < 1.29 is 4.79 Å². The highest BCUT2D eigenvalue weighted by Crippen LogP contribution is 2.28. The number of nitrogens with one attached hydrogen (secondary N) is 1. The highest BCUT2D eigenvalue weighted by atomic mass is 35.5. The lowest BCUT2D eigenvalue weighted by Gasteiger charge is -2.32. The standard InChI is InChI=1S/C18H24Cl2N2O/c19-15-5-3-14(17(20)11-15)4-6-18(23)22-9-7-16(8-10-22)21-12-13-1-2-13/h3,5,11,13,16,21H,1-2,4,6-10,12H2. The minimum atomic E-state index is 0.233. The van der Waals surface area contributed by atoms with Gasteiger partial charge in [-0.25, -0.2) is 0 Å². The van der Waals surface area contributed by atoms with Gasteiger partial charge >= 0.3 is 0 Å². The van der Waals surface area contributed by atoms with Crippen LogP contribution in [0.15, 0.2) is 18.2 Å². The molecule has 1 aromatic rings. The van der Waals surface area contributed by atoms with E-state index in [1.807, 2.05) is 17.0 Å². The number of piperidine rings is 1. The molecule has 1 aromatic carbocycles. The molecule has 126 valence electrons. The van der Waals surface area contributed by atoms with Crippen LogP contribution < -0.4 is 5.32 Å². The number of likely N-dealkylation sites (tertiary alicyclic amines) is 1. The summed E-state index contributed by atoms with van der Waals surface area (Å²) in [7, 11) is 0. The largest absolute Gasteiger partial charge is 0.343 e. The monoisotopic (exact) mass is 354 g/mol. The number of rotatable bonds is 6. The average molecular weight is 355 g/mol. The van der Waals surface area contributed by atoms with Crippen molar-refractivity contribution in [2.45, 2.75) is 44.6 Å². The molecule has 1 heterocycles. The van der Waals surface area contributed by atoms with Crippen molar-refractivity contribution in [1.29, 1.82) is 0 Å². The molecule has 0 aromatic heterocycles. The Morgan fingerprint density at radius 2 is 1.91 bits per heavy atom.